The Kier molecular flexibility index (Phi) is 9.46. The number of carbonyl (C=O) groups is 1. The summed E-state index contributed by atoms with van der Waals surface area (Å²) in [6.45, 7) is 5.58. The molecule has 2 aliphatic heterocycles. The van der Waals surface area contributed by atoms with Gasteiger partial charge in [-0.05, 0) is 37.1 Å². The molecular formula is C23H37IN4O2S. The highest BCUT2D eigenvalue weighted by Crippen LogP contribution is 2.41. The average molecular weight is 561 g/mol. The Hall–Kier alpha value is -0.870. The largest absolute Gasteiger partial charge is 0.378 e. The zero-order valence-corrected chi connectivity index (χ0v) is 21.8. The first-order valence-corrected chi connectivity index (χ1v) is 12.5. The number of halogens is 1. The number of nitrogens with zero attached hydrogens (tertiary/aromatic N) is 3. The van der Waals surface area contributed by atoms with Crippen molar-refractivity contribution in [2.24, 2.45) is 10.9 Å². The van der Waals surface area contributed by atoms with Crippen molar-refractivity contribution < 1.29 is 9.53 Å². The molecule has 31 heavy (non-hydrogen) atoms. The summed E-state index contributed by atoms with van der Waals surface area (Å²) >= 11 is 1.90. The molecule has 2 saturated heterocycles. The molecule has 1 N–H and O–H groups in total. The predicted octanol–water partition coefficient (Wildman–Crippen LogP) is 3.71. The first kappa shape index (κ1) is 24.8. The second-order valence-corrected chi connectivity index (χ2v) is 9.87. The summed E-state index contributed by atoms with van der Waals surface area (Å²) < 4.78 is 5.39. The van der Waals surface area contributed by atoms with Gasteiger partial charge in [-0.2, -0.15) is 0 Å². The van der Waals surface area contributed by atoms with Crippen molar-refractivity contribution in [3.63, 3.8) is 0 Å². The fourth-order valence-corrected chi connectivity index (χ4v) is 6.27. The second-order valence-electron chi connectivity index (χ2n) is 8.92. The summed E-state index contributed by atoms with van der Waals surface area (Å²) in [4.78, 5) is 23.2. The standard InChI is InChI=1S/C23H36N4O2S.HI/c1-24-22(25-18-23(9-3-2-4-10-23)20-6-5-17-30-20)27-11-7-19(8-12-27)21(28)26-13-15-29-16-14-26;/h5-6,17,19H,2-4,7-16,18H2,1H3,(H,24,25);1H. The number of rotatable bonds is 4. The highest BCUT2D eigenvalue weighted by atomic mass is 127. The molecule has 3 heterocycles. The number of aliphatic imine (C=N–C) groups is 1. The van der Waals surface area contributed by atoms with Crippen LogP contribution in [-0.4, -0.2) is 74.7 Å². The number of piperidine rings is 1. The van der Waals surface area contributed by atoms with Gasteiger partial charge < -0.3 is 19.9 Å². The predicted molar refractivity (Wildman–Crippen MR) is 138 cm³/mol. The molecule has 0 spiro atoms. The van der Waals surface area contributed by atoms with Gasteiger partial charge >= 0.3 is 0 Å². The minimum absolute atomic E-state index is 0. The minimum Gasteiger partial charge on any atom is -0.378 e. The smallest absolute Gasteiger partial charge is 0.225 e. The van der Waals surface area contributed by atoms with Crippen molar-refractivity contribution in [3.05, 3.63) is 22.4 Å². The van der Waals surface area contributed by atoms with Gasteiger partial charge in [-0.25, -0.2) is 0 Å². The van der Waals surface area contributed by atoms with Crippen LogP contribution in [-0.2, 0) is 14.9 Å². The average Bonchev–Trinajstić information content (AvgIpc) is 3.36. The number of carbonyl (C=O) groups excluding carboxylic acids is 1. The van der Waals surface area contributed by atoms with E-state index in [1.807, 2.05) is 23.3 Å². The first-order valence-electron chi connectivity index (χ1n) is 11.6. The van der Waals surface area contributed by atoms with E-state index in [-0.39, 0.29) is 35.3 Å². The van der Waals surface area contributed by atoms with E-state index in [9.17, 15) is 4.79 Å². The zero-order valence-electron chi connectivity index (χ0n) is 18.7. The Morgan fingerprint density at radius 3 is 2.48 bits per heavy atom. The number of amides is 1. The topological polar surface area (TPSA) is 57.2 Å². The summed E-state index contributed by atoms with van der Waals surface area (Å²) in [5, 5.41) is 5.92. The van der Waals surface area contributed by atoms with Crippen molar-refractivity contribution in [1.29, 1.82) is 0 Å². The Labute approximate surface area is 207 Å². The van der Waals surface area contributed by atoms with E-state index in [1.165, 1.54) is 37.0 Å². The normalized spacial score (nSPS) is 22.7. The summed E-state index contributed by atoms with van der Waals surface area (Å²) in [6, 6.07) is 4.49. The van der Waals surface area contributed by atoms with Gasteiger partial charge in [0.05, 0.1) is 13.2 Å². The molecule has 1 amide bonds. The molecule has 4 rings (SSSR count). The number of likely N-dealkylation sites (tertiary alicyclic amines) is 1. The summed E-state index contributed by atoms with van der Waals surface area (Å²) in [7, 11) is 1.88. The lowest BCUT2D eigenvalue weighted by molar-refractivity contribution is -0.140. The van der Waals surface area contributed by atoms with Crippen LogP contribution in [0.2, 0.25) is 0 Å². The molecular weight excluding hydrogens is 523 g/mol. The van der Waals surface area contributed by atoms with Crippen molar-refractivity contribution in [2.75, 3.05) is 53.0 Å². The van der Waals surface area contributed by atoms with E-state index in [0.717, 1.165) is 51.5 Å². The number of nitrogens with one attached hydrogen (secondary N) is 1. The van der Waals surface area contributed by atoms with Gasteiger partial charge in [-0.15, -0.1) is 35.3 Å². The Balaban J connectivity index is 0.00000272. The number of morpholine rings is 1. The monoisotopic (exact) mass is 560 g/mol. The van der Waals surface area contributed by atoms with Gasteiger partial charge in [0.15, 0.2) is 5.96 Å². The fourth-order valence-electron chi connectivity index (χ4n) is 5.28. The van der Waals surface area contributed by atoms with E-state index < -0.39 is 0 Å². The van der Waals surface area contributed by atoms with Gasteiger partial charge in [0.25, 0.3) is 0 Å². The van der Waals surface area contributed by atoms with Crippen LogP contribution in [0.5, 0.6) is 0 Å². The van der Waals surface area contributed by atoms with Crippen molar-refractivity contribution >= 4 is 47.2 Å². The molecule has 1 aromatic heterocycles. The van der Waals surface area contributed by atoms with Gasteiger partial charge in [0, 0.05) is 56.0 Å². The number of hydrogen-bond acceptors (Lipinski definition) is 4. The first-order chi connectivity index (χ1) is 14.7. The Morgan fingerprint density at radius 2 is 1.87 bits per heavy atom. The Bertz CT molecular complexity index is 707. The van der Waals surface area contributed by atoms with Crippen LogP contribution in [0.3, 0.4) is 0 Å². The summed E-state index contributed by atoms with van der Waals surface area (Å²) in [6.07, 6.45) is 8.31. The summed E-state index contributed by atoms with van der Waals surface area (Å²) in [5.41, 5.74) is 0.243. The molecule has 1 aromatic rings. The van der Waals surface area contributed by atoms with Crippen LogP contribution in [0.15, 0.2) is 22.5 Å². The maximum absolute atomic E-state index is 12.8. The molecule has 3 fully saturated rings. The molecule has 0 atom stereocenters. The lowest BCUT2D eigenvalue weighted by Gasteiger charge is -2.40. The van der Waals surface area contributed by atoms with E-state index in [2.05, 4.69) is 32.7 Å². The third kappa shape index (κ3) is 5.93. The number of hydrogen-bond donors (Lipinski definition) is 1. The fraction of sp³-hybridized carbons (Fsp3) is 0.739. The lowest BCUT2D eigenvalue weighted by Crippen LogP contribution is -2.52. The van der Waals surface area contributed by atoms with Crippen molar-refractivity contribution in [2.45, 2.75) is 50.4 Å². The van der Waals surface area contributed by atoms with Gasteiger partial charge in [0.1, 0.15) is 0 Å². The number of thiophene rings is 1. The third-order valence-corrected chi connectivity index (χ3v) is 8.23. The second kappa shape index (κ2) is 11.8. The van der Waals surface area contributed by atoms with E-state index in [0.29, 0.717) is 19.1 Å². The quantitative estimate of drug-likeness (QED) is 0.347. The molecule has 0 unspecified atom stereocenters. The van der Waals surface area contributed by atoms with Crippen LogP contribution in [0.4, 0.5) is 0 Å². The molecule has 0 aromatic carbocycles. The summed E-state index contributed by atoms with van der Waals surface area (Å²) in [5.74, 6) is 1.46. The minimum atomic E-state index is 0. The van der Waals surface area contributed by atoms with Crippen LogP contribution >= 0.6 is 35.3 Å². The SMILES string of the molecule is CN=C(NCC1(c2cccs2)CCCCC1)N1CCC(C(=O)N2CCOCC2)CC1.I. The zero-order chi connectivity index (χ0) is 20.8. The third-order valence-electron chi connectivity index (χ3n) is 7.12. The highest BCUT2D eigenvalue weighted by molar-refractivity contribution is 14.0. The molecule has 174 valence electrons. The molecule has 0 bridgehead atoms. The van der Waals surface area contributed by atoms with Gasteiger partial charge in [0.2, 0.25) is 5.91 Å². The molecule has 3 aliphatic rings. The molecule has 0 radical (unpaired) electrons. The molecule has 1 saturated carbocycles. The van der Waals surface area contributed by atoms with Gasteiger partial charge in [-0.1, -0.05) is 25.3 Å². The van der Waals surface area contributed by atoms with E-state index in [4.69, 9.17) is 4.74 Å². The molecule has 1 aliphatic carbocycles. The highest BCUT2D eigenvalue weighted by Gasteiger charge is 2.36. The maximum atomic E-state index is 12.8. The molecule has 8 heteroatoms. The van der Waals surface area contributed by atoms with Crippen LogP contribution in [0.25, 0.3) is 0 Å². The van der Waals surface area contributed by atoms with Crippen LogP contribution < -0.4 is 5.32 Å². The van der Waals surface area contributed by atoms with Crippen LogP contribution in [0.1, 0.15) is 49.8 Å². The van der Waals surface area contributed by atoms with Crippen molar-refractivity contribution in [1.82, 2.24) is 15.1 Å². The van der Waals surface area contributed by atoms with Crippen molar-refractivity contribution in [3.8, 4) is 0 Å². The lowest BCUT2D eigenvalue weighted by atomic mass is 9.73. The van der Waals surface area contributed by atoms with E-state index in [1.54, 1.807) is 0 Å². The van der Waals surface area contributed by atoms with Gasteiger partial charge in [-0.3, -0.25) is 9.79 Å². The number of ether oxygens (including phenoxy) is 1. The maximum Gasteiger partial charge on any atom is 0.225 e. The number of guanidine groups is 1. The Morgan fingerprint density at radius 1 is 1.16 bits per heavy atom. The van der Waals surface area contributed by atoms with Crippen LogP contribution in [0, 0.1) is 5.92 Å². The molecule has 6 nitrogen and oxygen atoms in total. The van der Waals surface area contributed by atoms with E-state index >= 15 is 0 Å².